The molecule has 2 nitrogen and oxygen atoms in total. The van der Waals surface area contributed by atoms with E-state index in [-0.39, 0.29) is 0 Å². The van der Waals surface area contributed by atoms with E-state index < -0.39 is 0 Å². The lowest BCUT2D eigenvalue weighted by molar-refractivity contribution is 0.482. The van der Waals surface area contributed by atoms with Crippen LogP contribution in [-0.4, -0.2) is 35.0 Å². The minimum atomic E-state index is 0.585. The van der Waals surface area contributed by atoms with Crippen molar-refractivity contribution in [3.05, 3.63) is 0 Å². The molecular formula is C12H22N2S2. The van der Waals surface area contributed by atoms with Gasteiger partial charge in [0.1, 0.15) is 0 Å². The van der Waals surface area contributed by atoms with Crippen LogP contribution in [0.4, 0.5) is 0 Å². The number of thioether (sulfide) groups is 2. The summed E-state index contributed by atoms with van der Waals surface area (Å²) in [4.78, 5) is 4.75. The maximum Gasteiger partial charge on any atom is 0.156 e. The van der Waals surface area contributed by atoms with E-state index in [2.05, 4.69) is 30.9 Å². The summed E-state index contributed by atoms with van der Waals surface area (Å²) < 4.78 is 0. The first-order valence-corrected chi connectivity index (χ1v) is 8.41. The van der Waals surface area contributed by atoms with Crippen LogP contribution in [0, 0.1) is 11.8 Å². The van der Waals surface area contributed by atoms with Crippen LogP contribution in [0.2, 0.25) is 0 Å². The average molecular weight is 258 g/mol. The monoisotopic (exact) mass is 258 g/mol. The van der Waals surface area contributed by atoms with Crippen LogP contribution in [0.1, 0.15) is 26.7 Å². The molecule has 16 heavy (non-hydrogen) atoms. The third-order valence-corrected chi connectivity index (χ3v) is 5.78. The van der Waals surface area contributed by atoms with Gasteiger partial charge in [-0.2, -0.15) is 11.8 Å². The largest absolute Gasteiger partial charge is 0.362 e. The Bertz CT molecular complexity index is 249. The molecule has 0 aromatic rings. The van der Waals surface area contributed by atoms with Crippen LogP contribution >= 0.6 is 23.5 Å². The number of rotatable bonds is 2. The second kappa shape index (κ2) is 6.20. The van der Waals surface area contributed by atoms with Gasteiger partial charge in [-0.1, -0.05) is 18.7 Å². The predicted octanol–water partition coefficient (Wildman–Crippen LogP) is 2.85. The van der Waals surface area contributed by atoms with Gasteiger partial charge in [-0.3, -0.25) is 4.99 Å². The Morgan fingerprint density at radius 3 is 2.75 bits per heavy atom. The quantitative estimate of drug-likeness (QED) is 0.824. The zero-order chi connectivity index (χ0) is 11.4. The normalized spacial score (nSPS) is 35.0. The highest BCUT2D eigenvalue weighted by molar-refractivity contribution is 8.13. The van der Waals surface area contributed by atoms with Gasteiger partial charge in [0, 0.05) is 18.3 Å². The van der Waals surface area contributed by atoms with Crippen LogP contribution < -0.4 is 5.32 Å². The van der Waals surface area contributed by atoms with Gasteiger partial charge in [0.2, 0.25) is 0 Å². The number of nitrogens with zero attached hydrogens (tertiary/aromatic N) is 1. The molecule has 2 heterocycles. The summed E-state index contributed by atoms with van der Waals surface area (Å²) >= 11 is 3.99. The molecular weight excluding hydrogens is 236 g/mol. The number of hydrogen-bond acceptors (Lipinski definition) is 3. The minimum absolute atomic E-state index is 0.585. The van der Waals surface area contributed by atoms with Gasteiger partial charge in [-0.25, -0.2) is 0 Å². The van der Waals surface area contributed by atoms with Gasteiger partial charge >= 0.3 is 0 Å². The lowest BCUT2D eigenvalue weighted by Gasteiger charge is -2.28. The molecule has 0 bridgehead atoms. The second-order valence-electron chi connectivity index (χ2n) is 4.92. The zero-order valence-electron chi connectivity index (χ0n) is 10.2. The van der Waals surface area contributed by atoms with Gasteiger partial charge in [-0.05, 0) is 43.1 Å². The predicted molar refractivity (Wildman–Crippen MR) is 76.6 cm³/mol. The van der Waals surface area contributed by atoms with Crippen molar-refractivity contribution in [2.45, 2.75) is 32.7 Å². The van der Waals surface area contributed by atoms with E-state index in [9.17, 15) is 0 Å². The maximum absolute atomic E-state index is 4.75. The van der Waals surface area contributed by atoms with Crippen LogP contribution in [0.25, 0.3) is 0 Å². The zero-order valence-corrected chi connectivity index (χ0v) is 11.9. The Balaban J connectivity index is 1.78. The molecule has 0 aliphatic carbocycles. The lowest BCUT2D eigenvalue weighted by Crippen LogP contribution is -2.41. The van der Waals surface area contributed by atoms with Gasteiger partial charge in [0.05, 0.1) is 0 Å². The molecule has 0 aromatic heterocycles. The van der Waals surface area contributed by atoms with Crippen LogP contribution in [0.5, 0.6) is 0 Å². The highest BCUT2D eigenvalue weighted by Crippen LogP contribution is 2.24. The molecule has 1 N–H and O–H groups in total. The highest BCUT2D eigenvalue weighted by Gasteiger charge is 2.21. The molecule has 2 rings (SSSR count). The summed E-state index contributed by atoms with van der Waals surface area (Å²) in [5.74, 6) is 5.49. The van der Waals surface area contributed by atoms with E-state index in [0.29, 0.717) is 6.04 Å². The first-order chi connectivity index (χ1) is 7.75. The maximum atomic E-state index is 4.75. The molecule has 0 saturated carbocycles. The van der Waals surface area contributed by atoms with Gasteiger partial charge in [0.15, 0.2) is 5.17 Å². The molecule has 2 saturated heterocycles. The molecule has 2 fully saturated rings. The Labute approximate surface area is 107 Å². The minimum Gasteiger partial charge on any atom is -0.362 e. The van der Waals surface area contributed by atoms with Crippen molar-refractivity contribution in [3.8, 4) is 0 Å². The van der Waals surface area contributed by atoms with Crippen molar-refractivity contribution < 1.29 is 0 Å². The first-order valence-electron chi connectivity index (χ1n) is 6.27. The Kier molecular flexibility index (Phi) is 4.89. The van der Waals surface area contributed by atoms with Gasteiger partial charge in [-0.15, -0.1) is 0 Å². The third kappa shape index (κ3) is 3.59. The van der Waals surface area contributed by atoms with Crippen molar-refractivity contribution in [2.75, 3.05) is 23.8 Å². The third-order valence-electron chi connectivity index (χ3n) is 3.52. The fourth-order valence-corrected chi connectivity index (χ4v) is 4.31. The number of aliphatic imine (C=N–C) groups is 1. The Morgan fingerprint density at radius 2 is 2.06 bits per heavy atom. The molecule has 92 valence electrons. The summed E-state index contributed by atoms with van der Waals surface area (Å²) in [5, 5.41) is 4.70. The summed E-state index contributed by atoms with van der Waals surface area (Å²) in [5.41, 5.74) is 0. The van der Waals surface area contributed by atoms with Crippen LogP contribution in [0.3, 0.4) is 0 Å². The molecule has 2 unspecified atom stereocenters. The SMILES string of the molecule is CC1CSC(=NCC2CCSCC2)NC1C. The van der Waals surface area contributed by atoms with E-state index in [0.717, 1.165) is 18.4 Å². The Hall–Kier alpha value is 0.170. The topological polar surface area (TPSA) is 24.4 Å². The second-order valence-corrected chi connectivity index (χ2v) is 7.16. The molecule has 2 aliphatic rings. The fraction of sp³-hybridized carbons (Fsp3) is 0.917. The Morgan fingerprint density at radius 1 is 1.31 bits per heavy atom. The first kappa shape index (κ1) is 12.6. The van der Waals surface area contributed by atoms with Crippen molar-refractivity contribution >= 4 is 28.7 Å². The molecule has 2 aliphatic heterocycles. The summed E-state index contributed by atoms with van der Waals surface area (Å²) in [6.07, 6.45) is 2.72. The number of hydrogen-bond donors (Lipinski definition) is 1. The van der Waals surface area contributed by atoms with Crippen molar-refractivity contribution in [1.82, 2.24) is 5.32 Å². The van der Waals surface area contributed by atoms with E-state index in [1.807, 2.05) is 11.8 Å². The van der Waals surface area contributed by atoms with Crippen molar-refractivity contribution in [1.29, 1.82) is 0 Å². The fourth-order valence-electron chi connectivity index (χ4n) is 1.97. The molecule has 0 radical (unpaired) electrons. The molecule has 0 spiro atoms. The van der Waals surface area contributed by atoms with Gasteiger partial charge in [0.25, 0.3) is 0 Å². The summed E-state index contributed by atoms with van der Waals surface area (Å²) in [6.45, 7) is 5.61. The van der Waals surface area contributed by atoms with E-state index >= 15 is 0 Å². The van der Waals surface area contributed by atoms with Crippen molar-refractivity contribution in [2.24, 2.45) is 16.8 Å². The highest BCUT2D eigenvalue weighted by atomic mass is 32.2. The molecule has 4 heteroatoms. The summed E-state index contributed by atoms with van der Waals surface area (Å²) in [7, 11) is 0. The average Bonchev–Trinajstić information content (AvgIpc) is 2.32. The van der Waals surface area contributed by atoms with Crippen LogP contribution in [-0.2, 0) is 0 Å². The van der Waals surface area contributed by atoms with Gasteiger partial charge < -0.3 is 5.32 Å². The smallest absolute Gasteiger partial charge is 0.156 e. The number of amidine groups is 1. The van der Waals surface area contributed by atoms with E-state index in [4.69, 9.17) is 4.99 Å². The lowest BCUT2D eigenvalue weighted by atomic mass is 10.0. The van der Waals surface area contributed by atoms with Crippen molar-refractivity contribution in [3.63, 3.8) is 0 Å². The van der Waals surface area contributed by atoms with E-state index in [1.165, 1.54) is 35.3 Å². The number of nitrogens with one attached hydrogen (secondary N) is 1. The molecule has 0 amide bonds. The standard InChI is InChI=1S/C12H22N2S2/c1-9-8-16-12(14-10(9)2)13-7-11-3-5-15-6-4-11/h9-11H,3-8H2,1-2H3,(H,13,14). The summed E-state index contributed by atoms with van der Waals surface area (Å²) in [6, 6.07) is 0.585. The molecule has 0 aromatic carbocycles. The van der Waals surface area contributed by atoms with Crippen LogP contribution in [0.15, 0.2) is 4.99 Å². The molecule has 2 atom stereocenters. The van der Waals surface area contributed by atoms with E-state index in [1.54, 1.807) is 0 Å².